The van der Waals surface area contributed by atoms with Crippen LogP contribution in [0.3, 0.4) is 0 Å². The predicted octanol–water partition coefficient (Wildman–Crippen LogP) is 2.91. The molecule has 0 saturated heterocycles. The van der Waals surface area contributed by atoms with Crippen LogP contribution in [0.4, 0.5) is 10.1 Å². The Hall–Kier alpha value is -1.60. The summed E-state index contributed by atoms with van der Waals surface area (Å²) in [7, 11) is 0. The van der Waals surface area contributed by atoms with Crippen molar-refractivity contribution in [3.05, 3.63) is 29.6 Å². The lowest BCUT2D eigenvalue weighted by Gasteiger charge is -2.16. The summed E-state index contributed by atoms with van der Waals surface area (Å²) in [6.45, 7) is 2.88. The number of anilines is 1. The Labute approximate surface area is 107 Å². The van der Waals surface area contributed by atoms with Crippen molar-refractivity contribution in [1.82, 2.24) is 0 Å². The molecule has 0 saturated carbocycles. The Morgan fingerprint density at radius 2 is 2.22 bits per heavy atom. The molecule has 2 N–H and O–H groups in total. The number of hydrogen-bond acceptors (Lipinski definition) is 3. The van der Waals surface area contributed by atoms with E-state index < -0.39 is 5.82 Å². The van der Waals surface area contributed by atoms with E-state index in [1.54, 1.807) is 12.1 Å². The molecule has 0 aliphatic heterocycles. The van der Waals surface area contributed by atoms with Gasteiger partial charge in [-0.2, -0.15) is 5.26 Å². The molecule has 3 nitrogen and oxygen atoms in total. The summed E-state index contributed by atoms with van der Waals surface area (Å²) in [5.74, 6) is -0.0664. The van der Waals surface area contributed by atoms with Gasteiger partial charge in [0, 0.05) is 13.2 Å². The molecule has 0 fully saturated rings. The van der Waals surface area contributed by atoms with Gasteiger partial charge in [-0.3, -0.25) is 0 Å². The average molecular weight is 250 g/mol. The molecule has 1 atom stereocenters. The number of hydrogen-bond donors (Lipinski definition) is 2. The van der Waals surface area contributed by atoms with Gasteiger partial charge in [-0.1, -0.05) is 13.3 Å². The van der Waals surface area contributed by atoms with E-state index in [0.717, 1.165) is 19.3 Å². The van der Waals surface area contributed by atoms with Gasteiger partial charge in [-0.05, 0) is 37.0 Å². The molecular weight excluding hydrogens is 231 g/mol. The fourth-order valence-corrected chi connectivity index (χ4v) is 1.92. The third-order valence-electron chi connectivity index (χ3n) is 2.91. The summed E-state index contributed by atoms with van der Waals surface area (Å²) < 4.78 is 13.6. The quantitative estimate of drug-likeness (QED) is 0.782. The van der Waals surface area contributed by atoms with Crippen molar-refractivity contribution in [3.8, 4) is 6.07 Å². The van der Waals surface area contributed by atoms with Gasteiger partial charge in [0.25, 0.3) is 0 Å². The molecule has 0 radical (unpaired) electrons. The Balaban J connectivity index is 2.59. The maximum Gasteiger partial charge on any atom is 0.147 e. The topological polar surface area (TPSA) is 56.0 Å². The van der Waals surface area contributed by atoms with Gasteiger partial charge in [0.2, 0.25) is 0 Å². The van der Waals surface area contributed by atoms with Gasteiger partial charge in [-0.15, -0.1) is 0 Å². The Bertz CT molecular complexity index is 409. The number of halogens is 1. The van der Waals surface area contributed by atoms with Crippen LogP contribution in [-0.4, -0.2) is 18.3 Å². The number of aliphatic hydroxyl groups is 1. The summed E-state index contributed by atoms with van der Waals surface area (Å²) in [4.78, 5) is 0. The van der Waals surface area contributed by atoms with Crippen LogP contribution in [-0.2, 0) is 0 Å². The second-order valence-corrected chi connectivity index (χ2v) is 4.35. The minimum Gasteiger partial charge on any atom is -0.396 e. The van der Waals surface area contributed by atoms with Crippen molar-refractivity contribution in [3.63, 3.8) is 0 Å². The highest BCUT2D eigenvalue weighted by Gasteiger charge is 2.09. The Morgan fingerprint density at radius 1 is 1.44 bits per heavy atom. The van der Waals surface area contributed by atoms with Crippen molar-refractivity contribution in [2.45, 2.75) is 26.2 Å². The minimum atomic E-state index is -0.409. The second-order valence-electron chi connectivity index (χ2n) is 4.35. The third kappa shape index (κ3) is 4.34. The van der Waals surface area contributed by atoms with E-state index in [2.05, 4.69) is 12.2 Å². The number of aliphatic hydroxyl groups excluding tert-OH is 1. The molecule has 0 spiro atoms. The van der Waals surface area contributed by atoms with Crippen molar-refractivity contribution in [1.29, 1.82) is 5.26 Å². The average Bonchev–Trinajstić information content (AvgIpc) is 2.37. The molecule has 1 aromatic carbocycles. The molecule has 4 heteroatoms. The van der Waals surface area contributed by atoms with E-state index in [9.17, 15) is 4.39 Å². The summed E-state index contributed by atoms with van der Waals surface area (Å²) in [6, 6.07) is 6.29. The van der Waals surface area contributed by atoms with Crippen molar-refractivity contribution in [2.24, 2.45) is 5.92 Å². The molecule has 0 aromatic heterocycles. The maximum absolute atomic E-state index is 13.6. The highest BCUT2D eigenvalue weighted by Crippen LogP contribution is 2.18. The van der Waals surface area contributed by atoms with E-state index in [1.165, 1.54) is 6.07 Å². The SMILES string of the molecule is CCCC(CCO)CNc1ccc(C#N)cc1F. The third-order valence-corrected chi connectivity index (χ3v) is 2.91. The standard InChI is InChI=1S/C14H19FN2O/c1-2-3-11(6-7-18)10-17-14-5-4-12(9-16)8-13(14)15/h4-5,8,11,17-18H,2-3,6-7,10H2,1H3. The van der Waals surface area contributed by atoms with Crippen molar-refractivity contribution < 1.29 is 9.50 Å². The lowest BCUT2D eigenvalue weighted by atomic mass is 10.00. The number of benzene rings is 1. The number of nitriles is 1. The monoisotopic (exact) mass is 250 g/mol. The van der Waals surface area contributed by atoms with Crippen LogP contribution in [0.15, 0.2) is 18.2 Å². The fourth-order valence-electron chi connectivity index (χ4n) is 1.92. The van der Waals surface area contributed by atoms with Crippen LogP contribution < -0.4 is 5.32 Å². The second kappa shape index (κ2) is 7.67. The van der Waals surface area contributed by atoms with Gasteiger partial charge >= 0.3 is 0 Å². The first-order chi connectivity index (χ1) is 8.71. The number of nitrogens with one attached hydrogen (secondary N) is 1. The lowest BCUT2D eigenvalue weighted by Crippen LogP contribution is -2.16. The number of nitrogens with zero attached hydrogens (tertiary/aromatic N) is 1. The Kier molecular flexibility index (Phi) is 6.16. The maximum atomic E-state index is 13.6. The van der Waals surface area contributed by atoms with Gasteiger partial charge in [0.1, 0.15) is 5.82 Å². The summed E-state index contributed by atoms with van der Waals surface area (Å²) in [6.07, 6.45) is 2.77. The summed E-state index contributed by atoms with van der Waals surface area (Å²) in [5, 5.41) is 20.6. The molecule has 98 valence electrons. The fraction of sp³-hybridized carbons (Fsp3) is 0.500. The predicted molar refractivity (Wildman–Crippen MR) is 69.7 cm³/mol. The largest absolute Gasteiger partial charge is 0.396 e. The zero-order valence-corrected chi connectivity index (χ0v) is 10.6. The zero-order valence-electron chi connectivity index (χ0n) is 10.6. The van der Waals surface area contributed by atoms with Gasteiger partial charge in [-0.25, -0.2) is 4.39 Å². The van der Waals surface area contributed by atoms with E-state index in [4.69, 9.17) is 10.4 Å². The first-order valence-corrected chi connectivity index (χ1v) is 6.25. The molecule has 1 aromatic rings. The van der Waals surface area contributed by atoms with Gasteiger partial charge in [0.15, 0.2) is 0 Å². The molecule has 0 amide bonds. The summed E-state index contributed by atoms with van der Waals surface area (Å²) in [5.41, 5.74) is 0.728. The van der Waals surface area contributed by atoms with Crippen LogP contribution >= 0.6 is 0 Å². The smallest absolute Gasteiger partial charge is 0.147 e. The minimum absolute atomic E-state index is 0.155. The normalized spacial score (nSPS) is 11.9. The van der Waals surface area contributed by atoms with Crippen LogP contribution in [0.5, 0.6) is 0 Å². The van der Waals surface area contributed by atoms with E-state index in [1.807, 2.05) is 6.07 Å². The highest BCUT2D eigenvalue weighted by atomic mass is 19.1. The molecule has 1 unspecified atom stereocenters. The molecule has 0 aliphatic rings. The van der Waals surface area contributed by atoms with Crippen LogP contribution in [0.25, 0.3) is 0 Å². The van der Waals surface area contributed by atoms with E-state index in [-0.39, 0.29) is 6.61 Å². The zero-order chi connectivity index (χ0) is 13.4. The van der Waals surface area contributed by atoms with Crippen LogP contribution in [0, 0.1) is 23.1 Å². The first kappa shape index (κ1) is 14.5. The van der Waals surface area contributed by atoms with E-state index >= 15 is 0 Å². The molecule has 0 aliphatic carbocycles. The lowest BCUT2D eigenvalue weighted by molar-refractivity contribution is 0.255. The molecular formula is C14H19FN2O. The van der Waals surface area contributed by atoms with Gasteiger partial charge < -0.3 is 10.4 Å². The molecule has 0 bridgehead atoms. The highest BCUT2D eigenvalue weighted by molar-refractivity contribution is 5.48. The summed E-state index contributed by atoms with van der Waals surface area (Å²) >= 11 is 0. The van der Waals surface area contributed by atoms with Crippen molar-refractivity contribution >= 4 is 5.69 Å². The van der Waals surface area contributed by atoms with Crippen molar-refractivity contribution in [2.75, 3.05) is 18.5 Å². The van der Waals surface area contributed by atoms with Gasteiger partial charge in [0.05, 0.1) is 17.3 Å². The molecule has 1 rings (SSSR count). The van der Waals surface area contributed by atoms with Crippen LogP contribution in [0.1, 0.15) is 31.7 Å². The Morgan fingerprint density at radius 3 is 2.78 bits per heavy atom. The first-order valence-electron chi connectivity index (χ1n) is 6.25. The molecule has 18 heavy (non-hydrogen) atoms. The number of rotatable bonds is 7. The van der Waals surface area contributed by atoms with E-state index in [0.29, 0.717) is 23.7 Å². The molecule has 0 heterocycles. The van der Waals surface area contributed by atoms with Crippen LogP contribution in [0.2, 0.25) is 0 Å².